The van der Waals surface area contributed by atoms with E-state index in [-0.39, 0.29) is 11.9 Å². The number of carbonyl (C=O) groups is 1. The summed E-state index contributed by atoms with van der Waals surface area (Å²) in [7, 11) is 6.53. The molecule has 0 radical (unpaired) electrons. The molecule has 0 aliphatic heterocycles. The third-order valence-corrected chi connectivity index (χ3v) is 5.55. The number of hydrogen-bond donors (Lipinski definition) is 1. The highest BCUT2D eigenvalue weighted by atomic mass is 32.1. The molecule has 0 atom stereocenters. The van der Waals surface area contributed by atoms with Crippen molar-refractivity contribution in [2.45, 2.75) is 12.8 Å². The summed E-state index contributed by atoms with van der Waals surface area (Å²) in [6.45, 7) is 0.617. The number of ether oxygens (including phenoxy) is 3. The molecular weight excluding hydrogens is 392 g/mol. The highest BCUT2D eigenvalue weighted by Crippen LogP contribution is 2.31. The maximum atomic E-state index is 12.8. The molecule has 0 spiro atoms. The molecule has 8 nitrogen and oxygen atoms in total. The SMILES string of the molecule is COc1ccc(CCCN(C)C(=O)c2cc3c(OC)nc(N)nc3s2)cc1OC. The lowest BCUT2D eigenvalue weighted by Crippen LogP contribution is -2.27. The Labute approximate surface area is 173 Å². The van der Waals surface area contributed by atoms with Crippen molar-refractivity contribution >= 4 is 33.4 Å². The molecule has 3 rings (SSSR count). The van der Waals surface area contributed by atoms with Crippen LogP contribution in [0.1, 0.15) is 21.7 Å². The van der Waals surface area contributed by atoms with Crippen LogP contribution >= 0.6 is 11.3 Å². The molecule has 2 N–H and O–H groups in total. The van der Waals surface area contributed by atoms with Gasteiger partial charge in [0.1, 0.15) is 4.83 Å². The predicted octanol–water partition coefficient (Wildman–Crippen LogP) is 3.00. The zero-order chi connectivity index (χ0) is 21.0. The van der Waals surface area contributed by atoms with Crippen molar-refractivity contribution in [3.05, 3.63) is 34.7 Å². The van der Waals surface area contributed by atoms with E-state index in [1.807, 2.05) is 18.2 Å². The summed E-state index contributed by atoms with van der Waals surface area (Å²) in [6.07, 6.45) is 1.64. The first-order valence-electron chi connectivity index (χ1n) is 9.04. The number of hydrogen-bond acceptors (Lipinski definition) is 8. The monoisotopic (exact) mass is 416 g/mol. The maximum Gasteiger partial charge on any atom is 0.263 e. The van der Waals surface area contributed by atoms with E-state index in [4.69, 9.17) is 19.9 Å². The molecule has 0 saturated heterocycles. The van der Waals surface area contributed by atoms with Gasteiger partial charge in [0.05, 0.1) is 31.6 Å². The summed E-state index contributed by atoms with van der Waals surface area (Å²) in [4.78, 5) is 24.0. The zero-order valence-corrected chi connectivity index (χ0v) is 17.7. The summed E-state index contributed by atoms with van der Waals surface area (Å²) in [5.41, 5.74) is 6.82. The lowest BCUT2D eigenvalue weighted by atomic mass is 10.1. The van der Waals surface area contributed by atoms with Crippen LogP contribution in [0.2, 0.25) is 0 Å². The number of amides is 1. The van der Waals surface area contributed by atoms with Gasteiger partial charge in [-0.25, -0.2) is 4.98 Å². The molecule has 3 aromatic rings. The van der Waals surface area contributed by atoms with Crippen LogP contribution in [0.3, 0.4) is 0 Å². The predicted molar refractivity (Wildman–Crippen MR) is 113 cm³/mol. The first-order valence-corrected chi connectivity index (χ1v) is 9.86. The largest absolute Gasteiger partial charge is 0.493 e. The van der Waals surface area contributed by atoms with Crippen LogP contribution in [-0.4, -0.2) is 55.7 Å². The fraction of sp³-hybridized carbons (Fsp3) is 0.350. The van der Waals surface area contributed by atoms with E-state index < -0.39 is 0 Å². The summed E-state index contributed by atoms with van der Waals surface area (Å²) in [6, 6.07) is 7.61. The fourth-order valence-corrected chi connectivity index (χ4v) is 4.04. The smallest absolute Gasteiger partial charge is 0.263 e. The number of methoxy groups -OCH3 is 3. The number of anilines is 1. The Morgan fingerprint density at radius 1 is 1.10 bits per heavy atom. The highest BCUT2D eigenvalue weighted by molar-refractivity contribution is 7.20. The molecule has 1 amide bonds. The van der Waals surface area contributed by atoms with Crippen LogP contribution in [0.4, 0.5) is 5.95 Å². The number of fused-ring (bicyclic) bond motifs is 1. The molecule has 0 aliphatic rings. The lowest BCUT2D eigenvalue weighted by Gasteiger charge is -2.16. The zero-order valence-electron chi connectivity index (χ0n) is 16.9. The normalized spacial score (nSPS) is 10.8. The first-order chi connectivity index (χ1) is 14.0. The standard InChI is InChI=1S/C20H24N4O4S/c1-24(9-5-6-12-7-8-14(26-2)15(10-12)27-3)19(25)16-11-13-17(28-4)22-20(21)23-18(13)29-16/h7-8,10-11H,5-6,9H2,1-4H3,(H2,21,22,23). The Bertz CT molecular complexity index is 1020. The molecule has 154 valence electrons. The van der Waals surface area contributed by atoms with Crippen molar-refractivity contribution in [3.63, 3.8) is 0 Å². The number of nitrogens with zero attached hydrogens (tertiary/aromatic N) is 3. The van der Waals surface area contributed by atoms with Crippen molar-refractivity contribution in [2.24, 2.45) is 0 Å². The third-order valence-electron chi connectivity index (χ3n) is 4.53. The van der Waals surface area contributed by atoms with Crippen LogP contribution in [0.15, 0.2) is 24.3 Å². The second kappa shape index (κ2) is 8.95. The van der Waals surface area contributed by atoms with Crippen molar-refractivity contribution in [2.75, 3.05) is 40.7 Å². The van der Waals surface area contributed by atoms with Gasteiger partial charge < -0.3 is 24.8 Å². The van der Waals surface area contributed by atoms with Crippen molar-refractivity contribution in [3.8, 4) is 17.4 Å². The van der Waals surface area contributed by atoms with Gasteiger partial charge in [-0.2, -0.15) is 4.98 Å². The summed E-state index contributed by atoms with van der Waals surface area (Å²) >= 11 is 1.28. The molecule has 9 heteroatoms. The van der Waals surface area contributed by atoms with Crippen molar-refractivity contribution in [1.82, 2.24) is 14.9 Å². The first kappa shape index (κ1) is 20.7. The second-order valence-corrected chi connectivity index (χ2v) is 7.47. The topological polar surface area (TPSA) is 99.8 Å². The van der Waals surface area contributed by atoms with E-state index in [0.29, 0.717) is 39.0 Å². The van der Waals surface area contributed by atoms with Gasteiger partial charge in [-0.1, -0.05) is 6.07 Å². The molecule has 0 saturated carbocycles. The van der Waals surface area contributed by atoms with Crippen molar-refractivity contribution in [1.29, 1.82) is 0 Å². The molecule has 0 aliphatic carbocycles. The minimum atomic E-state index is -0.0686. The number of nitrogen functional groups attached to an aromatic ring is 1. The highest BCUT2D eigenvalue weighted by Gasteiger charge is 2.18. The molecule has 1 aromatic carbocycles. The second-order valence-electron chi connectivity index (χ2n) is 6.44. The third kappa shape index (κ3) is 4.51. The number of rotatable bonds is 8. The Hall–Kier alpha value is -3.07. The van der Waals surface area contributed by atoms with E-state index in [9.17, 15) is 4.79 Å². The van der Waals surface area contributed by atoms with Crippen molar-refractivity contribution < 1.29 is 19.0 Å². The van der Waals surface area contributed by atoms with Gasteiger partial charge in [-0.05, 0) is 36.6 Å². The van der Waals surface area contributed by atoms with Gasteiger partial charge in [-0.15, -0.1) is 11.3 Å². The molecule has 0 unspecified atom stereocenters. The van der Waals surface area contributed by atoms with Gasteiger partial charge in [-0.3, -0.25) is 4.79 Å². The average Bonchev–Trinajstić information content (AvgIpc) is 3.16. The van der Waals surface area contributed by atoms with Crippen LogP contribution in [0.5, 0.6) is 17.4 Å². The van der Waals surface area contributed by atoms with Gasteiger partial charge in [0.2, 0.25) is 11.8 Å². The Kier molecular flexibility index (Phi) is 6.38. The van der Waals surface area contributed by atoms with Crippen LogP contribution in [0, 0.1) is 0 Å². The van der Waals surface area contributed by atoms with Crippen LogP contribution in [0.25, 0.3) is 10.2 Å². The fourth-order valence-electron chi connectivity index (χ4n) is 3.02. The molecule has 29 heavy (non-hydrogen) atoms. The molecule has 0 bridgehead atoms. The van der Waals surface area contributed by atoms with Gasteiger partial charge in [0, 0.05) is 13.6 Å². The minimum Gasteiger partial charge on any atom is -0.493 e. The maximum absolute atomic E-state index is 12.8. The van der Waals surface area contributed by atoms with Crippen LogP contribution in [-0.2, 0) is 6.42 Å². The van der Waals surface area contributed by atoms with E-state index >= 15 is 0 Å². The Balaban J connectivity index is 1.64. The van der Waals surface area contributed by atoms with E-state index in [0.717, 1.165) is 18.4 Å². The molecular formula is C20H24N4O4S. The number of nitrogens with two attached hydrogens (primary N) is 1. The van der Waals surface area contributed by atoms with Crippen LogP contribution < -0.4 is 19.9 Å². The minimum absolute atomic E-state index is 0.0686. The molecule has 2 aromatic heterocycles. The van der Waals surface area contributed by atoms with Gasteiger partial charge in [0.15, 0.2) is 11.5 Å². The van der Waals surface area contributed by atoms with Gasteiger partial charge in [0.25, 0.3) is 5.91 Å². The number of benzene rings is 1. The van der Waals surface area contributed by atoms with Gasteiger partial charge >= 0.3 is 0 Å². The van der Waals surface area contributed by atoms with E-state index in [1.165, 1.54) is 18.4 Å². The van der Waals surface area contributed by atoms with E-state index in [2.05, 4.69) is 9.97 Å². The Morgan fingerprint density at radius 2 is 1.86 bits per heavy atom. The summed E-state index contributed by atoms with van der Waals surface area (Å²) < 4.78 is 15.8. The molecule has 0 fully saturated rings. The quantitative estimate of drug-likeness (QED) is 0.602. The lowest BCUT2D eigenvalue weighted by molar-refractivity contribution is 0.0798. The Morgan fingerprint density at radius 3 is 2.55 bits per heavy atom. The molecule has 2 heterocycles. The van der Waals surface area contributed by atoms with E-state index in [1.54, 1.807) is 32.2 Å². The number of aromatic nitrogens is 2. The summed E-state index contributed by atoms with van der Waals surface area (Å²) in [5, 5.41) is 0.689. The number of carbonyl (C=O) groups excluding carboxylic acids is 1. The number of thiophene rings is 1. The average molecular weight is 417 g/mol. The number of aryl methyl sites for hydroxylation is 1. The summed E-state index contributed by atoms with van der Waals surface area (Å²) in [5.74, 6) is 1.83.